The van der Waals surface area contributed by atoms with Gasteiger partial charge in [0, 0.05) is 17.1 Å². The molecule has 0 unspecified atom stereocenters. The molecule has 2 aromatic rings. The van der Waals surface area contributed by atoms with Crippen molar-refractivity contribution < 1.29 is 14.8 Å². The third-order valence-electron chi connectivity index (χ3n) is 2.06. The van der Waals surface area contributed by atoms with E-state index < -0.39 is 10.9 Å². The lowest BCUT2D eigenvalue weighted by Crippen LogP contribution is -2.02. The Bertz CT molecular complexity index is 656. The van der Waals surface area contributed by atoms with Gasteiger partial charge in [0.25, 0.3) is 5.69 Å². The maximum atomic E-state index is 11.1. The molecule has 98 valence electrons. The second-order valence-corrected chi connectivity index (χ2v) is 5.56. The zero-order chi connectivity index (χ0) is 14.0. The first-order valence-electron chi connectivity index (χ1n) is 4.95. The van der Waals surface area contributed by atoms with Crippen LogP contribution in [0.2, 0.25) is 0 Å². The van der Waals surface area contributed by atoms with Crippen LogP contribution in [0.4, 0.5) is 5.69 Å². The molecule has 0 saturated carbocycles. The number of pyridine rings is 1. The molecule has 2 aromatic heterocycles. The maximum absolute atomic E-state index is 11.1. The first-order valence-corrected chi connectivity index (χ1v) is 6.64. The first-order chi connectivity index (χ1) is 8.97. The van der Waals surface area contributed by atoms with Crippen LogP contribution in [0.3, 0.4) is 0 Å². The number of aryl methyl sites for hydroxylation is 1. The molecule has 0 aliphatic rings. The molecule has 0 amide bonds. The minimum atomic E-state index is -1.26. The summed E-state index contributed by atoms with van der Waals surface area (Å²) in [5, 5.41) is 21.7. The summed E-state index contributed by atoms with van der Waals surface area (Å²) in [7, 11) is 0. The minimum absolute atomic E-state index is 0.187. The van der Waals surface area contributed by atoms with Gasteiger partial charge in [0.1, 0.15) is 11.2 Å². The van der Waals surface area contributed by atoms with Gasteiger partial charge in [-0.1, -0.05) is 0 Å². The summed E-state index contributed by atoms with van der Waals surface area (Å²) >= 11 is 2.44. The zero-order valence-electron chi connectivity index (χ0n) is 9.56. The molecule has 19 heavy (non-hydrogen) atoms. The van der Waals surface area contributed by atoms with Crippen LogP contribution in [-0.2, 0) is 0 Å². The number of nitrogens with zero attached hydrogens (tertiary/aromatic N) is 3. The highest BCUT2D eigenvalue weighted by atomic mass is 32.2. The molecule has 7 nitrogen and oxygen atoms in total. The first kappa shape index (κ1) is 13.4. The number of carbonyl (C=O) groups is 1. The monoisotopic (exact) mass is 297 g/mol. The van der Waals surface area contributed by atoms with Crippen molar-refractivity contribution in [2.45, 2.75) is 16.3 Å². The number of hydrogen-bond donors (Lipinski definition) is 1. The number of hydrogen-bond acceptors (Lipinski definition) is 7. The van der Waals surface area contributed by atoms with E-state index in [0.29, 0.717) is 4.34 Å². The van der Waals surface area contributed by atoms with Gasteiger partial charge in [0.15, 0.2) is 4.34 Å². The summed E-state index contributed by atoms with van der Waals surface area (Å²) in [6, 6.07) is 0.998. The lowest BCUT2D eigenvalue weighted by atomic mass is 10.3. The van der Waals surface area contributed by atoms with E-state index in [-0.39, 0.29) is 16.3 Å². The molecule has 0 aliphatic carbocycles. The van der Waals surface area contributed by atoms with Gasteiger partial charge >= 0.3 is 5.97 Å². The number of rotatable bonds is 4. The molecule has 0 aromatic carbocycles. The van der Waals surface area contributed by atoms with Crippen molar-refractivity contribution >= 4 is 34.8 Å². The normalized spacial score (nSPS) is 10.4. The fourth-order valence-electron chi connectivity index (χ4n) is 1.24. The predicted molar refractivity (Wildman–Crippen MR) is 68.8 cm³/mol. The van der Waals surface area contributed by atoms with Crippen molar-refractivity contribution in [3.05, 3.63) is 39.0 Å². The molecule has 9 heteroatoms. The summed E-state index contributed by atoms with van der Waals surface area (Å²) in [5.41, 5.74) is 0.274. The van der Waals surface area contributed by atoms with Crippen molar-refractivity contribution in [2.75, 3.05) is 0 Å². The van der Waals surface area contributed by atoms with Gasteiger partial charge in [0.05, 0.1) is 10.5 Å². The number of aromatic carboxylic acids is 1. The molecule has 0 aliphatic heterocycles. The molecule has 0 atom stereocenters. The Morgan fingerprint density at radius 2 is 2.32 bits per heavy atom. The summed E-state index contributed by atoms with van der Waals surface area (Å²) < 4.78 is 0.640. The van der Waals surface area contributed by atoms with Crippen LogP contribution in [0.5, 0.6) is 0 Å². The van der Waals surface area contributed by atoms with E-state index in [1.165, 1.54) is 11.3 Å². The standard InChI is InChI=1S/C10H7N3O4S2/c1-5-4-18-10(12-5)19-8-7(9(14)15)2-6(3-11-8)13(16)17/h2-4H,1H3,(H,14,15). The molecular weight excluding hydrogens is 290 g/mol. The third-order valence-corrected chi connectivity index (χ3v) is 4.13. The highest BCUT2D eigenvalue weighted by Gasteiger charge is 2.19. The Hall–Kier alpha value is -2.00. The molecule has 0 fully saturated rings. The molecule has 2 rings (SSSR count). The Labute approximate surface area is 115 Å². The summed E-state index contributed by atoms with van der Waals surface area (Å²) in [4.78, 5) is 29.0. The lowest BCUT2D eigenvalue weighted by Gasteiger charge is -2.02. The van der Waals surface area contributed by atoms with Gasteiger partial charge in [-0.25, -0.2) is 14.8 Å². The van der Waals surface area contributed by atoms with E-state index in [2.05, 4.69) is 9.97 Å². The van der Waals surface area contributed by atoms with Crippen molar-refractivity contribution in [3.8, 4) is 0 Å². The Morgan fingerprint density at radius 3 is 2.84 bits per heavy atom. The van der Waals surface area contributed by atoms with Crippen molar-refractivity contribution in [1.82, 2.24) is 9.97 Å². The van der Waals surface area contributed by atoms with Crippen molar-refractivity contribution in [2.24, 2.45) is 0 Å². The molecule has 2 heterocycles. The lowest BCUT2D eigenvalue weighted by molar-refractivity contribution is -0.385. The zero-order valence-corrected chi connectivity index (χ0v) is 11.2. The van der Waals surface area contributed by atoms with E-state index in [1.807, 2.05) is 12.3 Å². The number of carboxylic acids is 1. The minimum Gasteiger partial charge on any atom is -0.478 e. The fraction of sp³-hybridized carbons (Fsp3) is 0.100. The van der Waals surface area contributed by atoms with E-state index >= 15 is 0 Å². The number of thiazole rings is 1. The van der Waals surface area contributed by atoms with Crippen LogP contribution in [0.15, 0.2) is 27.0 Å². The Morgan fingerprint density at radius 1 is 1.58 bits per heavy atom. The van der Waals surface area contributed by atoms with Crippen molar-refractivity contribution in [1.29, 1.82) is 0 Å². The number of nitro groups is 1. The summed E-state index contributed by atoms with van der Waals surface area (Å²) in [6.07, 6.45) is 1.04. The van der Waals surface area contributed by atoms with E-state index in [1.54, 1.807) is 0 Å². The Balaban J connectivity index is 2.39. The SMILES string of the molecule is Cc1csc(Sc2ncc([N+](=O)[O-])cc2C(=O)O)n1. The molecular formula is C10H7N3O4S2. The van der Waals surface area contributed by atoms with Crippen LogP contribution in [0, 0.1) is 17.0 Å². The molecule has 0 spiro atoms. The largest absolute Gasteiger partial charge is 0.478 e. The van der Waals surface area contributed by atoms with Gasteiger partial charge < -0.3 is 5.11 Å². The van der Waals surface area contributed by atoms with E-state index in [0.717, 1.165) is 29.7 Å². The molecule has 0 radical (unpaired) electrons. The number of carboxylic acid groups (broad SMARTS) is 1. The predicted octanol–water partition coefficient (Wildman–Crippen LogP) is 2.60. The highest BCUT2D eigenvalue weighted by molar-refractivity contribution is 8.01. The summed E-state index contributed by atoms with van der Waals surface area (Å²) in [5.74, 6) is -1.26. The smallest absolute Gasteiger partial charge is 0.338 e. The van der Waals surface area contributed by atoms with Gasteiger partial charge in [-0.3, -0.25) is 10.1 Å². The van der Waals surface area contributed by atoms with Gasteiger partial charge in [-0.2, -0.15) is 0 Å². The average molecular weight is 297 g/mol. The molecule has 1 N–H and O–H groups in total. The highest BCUT2D eigenvalue weighted by Crippen LogP contribution is 2.32. The average Bonchev–Trinajstić information content (AvgIpc) is 2.74. The van der Waals surface area contributed by atoms with Crippen LogP contribution in [0.1, 0.15) is 16.1 Å². The topological polar surface area (TPSA) is 106 Å². The van der Waals surface area contributed by atoms with Gasteiger partial charge in [-0.15, -0.1) is 11.3 Å². The summed E-state index contributed by atoms with van der Waals surface area (Å²) in [6.45, 7) is 1.82. The van der Waals surface area contributed by atoms with E-state index in [9.17, 15) is 14.9 Å². The molecule has 0 bridgehead atoms. The van der Waals surface area contributed by atoms with Crippen LogP contribution in [0.25, 0.3) is 0 Å². The van der Waals surface area contributed by atoms with E-state index in [4.69, 9.17) is 5.11 Å². The Kier molecular flexibility index (Phi) is 3.76. The second-order valence-electron chi connectivity index (χ2n) is 3.47. The fourth-order valence-corrected chi connectivity index (χ4v) is 3.05. The van der Waals surface area contributed by atoms with Gasteiger partial charge in [0.2, 0.25) is 0 Å². The van der Waals surface area contributed by atoms with Crippen LogP contribution in [-0.4, -0.2) is 26.0 Å². The van der Waals surface area contributed by atoms with Crippen LogP contribution >= 0.6 is 23.1 Å². The quantitative estimate of drug-likeness (QED) is 0.682. The van der Waals surface area contributed by atoms with Crippen LogP contribution < -0.4 is 0 Å². The van der Waals surface area contributed by atoms with Crippen molar-refractivity contribution in [3.63, 3.8) is 0 Å². The van der Waals surface area contributed by atoms with Gasteiger partial charge in [-0.05, 0) is 18.7 Å². The molecule has 0 saturated heterocycles. The maximum Gasteiger partial charge on any atom is 0.338 e. The number of aromatic nitrogens is 2. The third kappa shape index (κ3) is 3.06. The second kappa shape index (κ2) is 5.33.